The molecular weight excluding hydrogens is 374 g/mol. The molecule has 0 fully saturated rings. The molecule has 0 aliphatic rings. The van der Waals surface area contributed by atoms with Gasteiger partial charge in [0.05, 0.1) is 10.7 Å². The molecule has 0 aliphatic heterocycles. The normalized spacial score (nSPS) is 10.6. The van der Waals surface area contributed by atoms with Gasteiger partial charge >= 0.3 is 5.69 Å². The Kier molecular flexibility index (Phi) is 5.91. The van der Waals surface area contributed by atoms with Crippen LogP contribution in [0, 0.1) is 10.1 Å². The van der Waals surface area contributed by atoms with E-state index in [-0.39, 0.29) is 22.1 Å². The lowest BCUT2D eigenvalue weighted by molar-refractivity contribution is -0.390. The summed E-state index contributed by atoms with van der Waals surface area (Å²) in [6.07, 6.45) is 0. The Labute approximate surface area is 157 Å². The number of hydrogen-bond donors (Lipinski definition) is 0. The Morgan fingerprint density at radius 2 is 1.68 bits per heavy atom. The van der Waals surface area contributed by atoms with E-state index in [1.165, 1.54) is 34.9 Å². The average molecular weight is 388 g/mol. The van der Waals surface area contributed by atoms with E-state index in [1.54, 1.807) is 29.6 Å². The molecule has 1 heterocycles. The fourth-order valence-electron chi connectivity index (χ4n) is 2.11. The molecule has 0 amide bonds. The van der Waals surface area contributed by atoms with Gasteiger partial charge in [0, 0.05) is 15.8 Å². The van der Waals surface area contributed by atoms with Crippen LogP contribution in [0.1, 0.15) is 10.4 Å². The quantitative estimate of drug-likeness (QED) is 0.222. The number of rotatable bonds is 7. The Bertz CT molecular complexity index is 879. The standard InChI is InChI=1S/C18H13NO3S3/c20-15(13-7-3-1-4-8-13)11-23-18-17(19(21)22)16(12-24-18)25-14-9-5-2-6-10-14/h1-10,12H,11H2. The van der Waals surface area contributed by atoms with Crippen LogP contribution in [0.25, 0.3) is 0 Å². The monoisotopic (exact) mass is 387 g/mol. The Morgan fingerprint density at radius 3 is 2.32 bits per heavy atom. The molecule has 0 N–H and O–H groups in total. The molecule has 0 radical (unpaired) electrons. The Morgan fingerprint density at radius 1 is 1.04 bits per heavy atom. The van der Waals surface area contributed by atoms with Gasteiger partial charge in [-0.05, 0) is 12.1 Å². The predicted molar refractivity (Wildman–Crippen MR) is 103 cm³/mol. The Balaban J connectivity index is 1.75. The SMILES string of the molecule is O=C(CSc1scc(Sc2ccccc2)c1[N+](=O)[O-])c1ccccc1. The Hall–Kier alpha value is -2.09. The first-order chi connectivity index (χ1) is 12.1. The van der Waals surface area contributed by atoms with Gasteiger partial charge in [-0.1, -0.05) is 60.3 Å². The lowest BCUT2D eigenvalue weighted by Crippen LogP contribution is -2.01. The highest BCUT2D eigenvalue weighted by atomic mass is 32.2. The van der Waals surface area contributed by atoms with Crippen molar-refractivity contribution in [3.05, 3.63) is 81.7 Å². The zero-order valence-corrected chi connectivity index (χ0v) is 15.4. The van der Waals surface area contributed by atoms with E-state index < -0.39 is 0 Å². The van der Waals surface area contributed by atoms with Crippen molar-refractivity contribution in [2.45, 2.75) is 14.0 Å². The molecule has 3 aromatic rings. The fraction of sp³-hybridized carbons (Fsp3) is 0.0556. The number of nitrogens with zero attached hydrogens (tertiary/aromatic N) is 1. The van der Waals surface area contributed by atoms with E-state index in [4.69, 9.17) is 0 Å². The van der Waals surface area contributed by atoms with Crippen LogP contribution in [-0.2, 0) is 0 Å². The van der Waals surface area contributed by atoms with Crippen molar-refractivity contribution in [3.8, 4) is 0 Å². The van der Waals surface area contributed by atoms with Crippen molar-refractivity contribution in [1.82, 2.24) is 0 Å². The number of thiophene rings is 1. The van der Waals surface area contributed by atoms with E-state index in [2.05, 4.69) is 0 Å². The smallest absolute Gasteiger partial charge is 0.293 e. The van der Waals surface area contributed by atoms with Crippen LogP contribution in [0.2, 0.25) is 0 Å². The lowest BCUT2D eigenvalue weighted by atomic mass is 10.2. The summed E-state index contributed by atoms with van der Waals surface area (Å²) in [6.45, 7) is 0. The van der Waals surface area contributed by atoms with E-state index in [9.17, 15) is 14.9 Å². The lowest BCUT2D eigenvalue weighted by Gasteiger charge is -2.01. The van der Waals surface area contributed by atoms with Crippen LogP contribution in [0.15, 0.2) is 80.0 Å². The second-order valence-corrected chi connectivity index (χ2v) is 8.23. The molecule has 7 heteroatoms. The van der Waals surface area contributed by atoms with Crippen molar-refractivity contribution in [2.75, 3.05) is 5.75 Å². The average Bonchev–Trinajstić information content (AvgIpc) is 3.04. The molecule has 4 nitrogen and oxygen atoms in total. The summed E-state index contributed by atoms with van der Waals surface area (Å²) in [4.78, 5) is 24.9. The summed E-state index contributed by atoms with van der Waals surface area (Å²) in [5.41, 5.74) is 0.706. The second-order valence-electron chi connectivity index (χ2n) is 4.99. The van der Waals surface area contributed by atoms with E-state index in [0.29, 0.717) is 14.7 Å². The van der Waals surface area contributed by atoms with Crippen LogP contribution in [0.5, 0.6) is 0 Å². The maximum absolute atomic E-state index is 12.2. The van der Waals surface area contributed by atoms with Crippen molar-refractivity contribution in [3.63, 3.8) is 0 Å². The molecule has 0 spiro atoms. The minimum Gasteiger partial charge on any atom is -0.293 e. The molecule has 1 aromatic heterocycles. The highest BCUT2D eigenvalue weighted by Gasteiger charge is 2.24. The number of Topliss-reactive ketones (excluding diaryl/α,β-unsaturated/α-hetero) is 1. The number of carbonyl (C=O) groups is 1. The molecule has 25 heavy (non-hydrogen) atoms. The van der Waals surface area contributed by atoms with Gasteiger partial charge in [-0.3, -0.25) is 14.9 Å². The highest BCUT2D eigenvalue weighted by Crippen LogP contribution is 2.45. The highest BCUT2D eigenvalue weighted by molar-refractivity contribution is 8.02. The molecule has 0 saturated carbocycles. The van der Waals surface area contributed by atoms with Crippen LogP contribution in [0.4, 0.5) is 5.69 Å². The van der Waals surface area contributed by atoms with Crippen molar-refractivity contribution >= 4 is 46.3 Å². The first-order valence-corrected chi connectivity index (χ1v) is 10.0. The number of carbonyl (C=O) groups excluding carboxylic acids is 1. The number of nitro groups is 1. The fourth-order valence-corrected chi connectivity index (χ4v) is 5.36. The van der Waals surface area contributed by atoms with Gasteiger partial charge in [-0.25, -0.2) is 0 Å². The maximum atomic E-state index is 12.2. The van der Waals surface area contributed by atoms with Crippen molar-refractivity contribution in [2.24, 2.45) is 0 Å². The summed E-state index contributed by atoms with van der Waals surface area (Å²) in [6, 6.07) is 18.5. The molecule has 3 rings (SSSR count). The summed E-state index contributed by atoms with van der Waals surface area (Å²) in [5, 5.41) is 13.3. The summed E-state index contributed by atoms with van der Waals surface area (Å²) in [5.74, 6) is 0.145. The molecule has 0 aliphatic carbocycles. The minimum absolute atomic E-state index is 0.0365. The van der Waals surface area contributed by atoms with Crippen LogP contribution in [0.3, 0.4) is 0 Å². The van der Waals surface area contributed by atoms with E-state index in [0.717, 1.165) is 4.90 Å². The first kappa shape index (κ1) is 17.7. The summed E-state index contributed by atoms with van der Waals surface area (Å²) >= 11 is 3.90. The zero-order chi connectivity index (χ0) is 17.6. The topological polar surface area (TPSA) is 60.2 Å². The van der Waals surface area contributed by atoms with Crippen molar-refractivity contribution in [1.29, 1.82) is 0 Å². The van der Waals surface area contributed by atoms with E-state index in [1.807, 2.05) is 36.4 Å². The van der Waals surface area contributed by atoms with Gasteiger partial charge in [0.1, 0.15) is 9.10 Å². The minimum atomic E-state index is -0.364. The first-order valence-electron chi connectivity index (χ1n) is 7.35. The third-order valence-corrected chi connectivity index (χ3v) is 6.74. The van der Waals surface area contributed by atoms with E-state index >= 15 is 0 Å². The van der Waals surface area contributed by atoms with Crippen LogP contribution >= 0.6 is 34.9 Å². The molecule has 0 unspecified atom stereocenters. The number of ketones is 1. The van der Waals surface area contributed by atoms with Crippen molar-refractivity contribution < 1.29 is 9.72 Å². The molecular formula is C18H13NO3S3. The van der Waals surface area contributed by atoms with Gasteiger partial charge in [0.2, 0.25) is 0 Å². The number of hydrogen-bond acceptors (Lipinski definition) is 6. The van der Waals surface area contributed by atoms with Gasteiger partial charge in [-0.2, -0.15) is 0 Å². The van der Waals surface area contributed by atoms with Gasteiger partial charge in [0.25, 0.3) is 0 Å². The van der Waals surface area contributed by atoms with Gasteiger partial charge < -0.3 is 0 Å². The van der Waals surface area contributed by atoms with Gasteiger partial charge in [0.15, 0.2) is 5.78 Å². The molecule has 126 valence electrons. The largest absolute Gasteiger partial charge is 0.307 e. The predicted octanol–water partition coefficient (Wildman–Crippen LogP) is 5.78. The summed E-state index contributed by atoms with van der Waals surface area (Å²) in [7, 11) is 0. The maximum Gasteiger partial charge on any atom is 0.307 e. The molecule has 2 aromatic carbocycles. The van der Waals surface area contributed by atoms with Crippen LogP contribution in [-0.4, -0.2) is 16.5 Å². The number of thioether (sulfide) groups is 1. The molecule has 0 bridgehead atoms. The molecule has 0 atom stereocenters. The molecule has 0 saturated heterocycles. The van der Waals surface area contributed by atoms with Gasteiger partial charge in [-0.15, -0.1) is 23.1 Å². The van der Waals surface area contributed by atoms with Crippen LogP contribution < -0.4 is 0 Å². The second kappa shape index (κ2) is 8.33. The summed E-state index contributed by atoms with van der Waals surface area (Å²) < 4.78 is 0.563. The number of benzene rings is 2. The third-order valence-electron chi connectivity index (χ3n) is 3.28. The zero-order valence-electron chi connectivity index (χ0n) is 13.0. The third kappa shape index (κ3) is 4.50.